The van der Waals surface area contributed by atoms with E-state index in [0.29, 0.717) is 24.5 Å². The Hall–Kier alpha value is -3.65. The van der Waals surface area contributed by atoms with Gasteiger partial charge >= 0.3 is 5.97 Å². The summed E-state index contributed by atoms with van der Waals surface area (Å²) in [6, 6.07) is 19.2. The van der Waals surface area contributed by atoms with Gasteiger partial charge < -0.3 is 19.3 Å². The smallest absolute Gasteiger partial charge is 0.317 e. The zero-order valence-electron chi connectivity index (χ0n) is 19.9. The van der Waals surface area contributed by atoms with Crippen LogP contribution in [0.25, 0.3) is 0 Å². The van der Waals surface area contributed by atoms with E-state index in [1.165, 1.54) is 56.7 Å². The van der Waals surface area contributed by atoms with Gasteiger partial charge in [0.15, 0.2) is 11.5 Å². The fourth-order valence-corrected chi connectivity index (χ4v) is 3.71. The van der Waals surface area contributed by atoms with Crippen molar-refractivity contribution in [3.63, 3.8) is 0 Å². The molecular weight excluding hydrogens is 456 g/mol. The van der Waals surface area contributed by atoms with Crippen LogP contribution in [0.15, 0.2) is 72.8 Å². The van der Waals surface area contributed by atoms with Gasteiger partial charge in [-0.25, -0.2) is 0 Å². The first kappa shape index (κ1) is 26.0. The fourth-order valence-electron chi connectivity index (χ4n) is 3.71. The van der Waals surface area contributed by atoms with Crippen molar-refractivity contribution in [3.05, 3.63) is 89.5 Å². The minimum absolute atomic E-state index is 0.0819. The van der Waals surface area contributed by atoms with Gasteiger partial charge in [0.25, 0.3) is 5.92 Å². The molecule has 0 saturated heterocycles. The Morgan fingerprint density at radius 3 is 2.17 bits per heavy atom. The van der Waals surface area contributed by atoms with Crippen LogP contribution in [0.3, 0.4) is 0 Å². The van der Waals surface area contributed by atoms with Crippen molar-refractivity contribution in [1.29, 1.82) is 0 Å². The Balaban J connectivity index is 1.78. The number of ether oxygens (including phenoxy) is 3. The molecule has 0 aromatic heterocycles. The summed E-state index contributed by atoms with van der Waals surface area (Å²) >= 11 is 0. The third kappa shape index (κ3) is 6.70. The number of likely N-dealkylation sites (N-methyl/N-ethyl adjacent to an activating group) is 1. The number of hydrogen-bond donors (Lipinski definition) is 1. The highest BCUT2D eigenvalue weighted by atomic mass is 19.3. The van der Waals surface area contributed by atoms with E-state index in [0.717, 1.165) is 5.56 Å². The zero-order chi connectivity index (χ0) is 25.4. The van der Waals surface area contributed by atoms with Crippen LogP contribution >= 0.6 is 0 Å². The molecule has 0 fully saturated rings. The molecule has 186 valence electrons. The second kappa shape index (κ2) is 11.7. The molecule has 3 aromatic rings. The van der Waals surface area contributed by atoms with Crippen molar-refractivity contribution in [2.24, 2.45) is 0 Å². The molecule has 0 saturated carbocycles. The normalized spacial score (nSPS) is 12.3. The van der Waals surface area contributed by atoms with E-state index >= 15 is 8.78 Å². The van der Waals surface area contributed by atoms with Crippen LogP contribution in [0.2, 0.25) is 0 Å². The lowest BCUT2D eigenvalue weighted by Gasteiger charge is -2.23. The molecule has 0 heterocycles. The lowest BCUT2D eigenvalue weighted by atomic mass is 9.99. The van der Waals surface area contributed by atoms with E-state index in [1.54, 1.807) is 11.9 Å². The number of nitrogens with zero attached hydrogens (tertiary/aromatic N) is 1. The Labute approximate surface area is 203 Å². The van der Waals surface area contributed by atoms with Crippen molar-refractivity contribution in [1.82, 2.24) is 4.90 Å². The number of halogens is 2. The Morgan fingerprint density at radius 2 is 1.57 bits per heavy atom. The standard InChI is InChI=1S/C27H29F2NO5/c1-30(18-26(31)32)16-15-23(19-7-5-4-6-8-19)35-22-12-9-20(10-13-22)27(28,29)21-11-14-24(33-2)25(17-21)34-3/h4-14,17,23H,15-16,18H2,1-3H3,(H,31,32). The summed E-state index contributed by atoms with van der Waals surface area (Å²) in [6.07, 6.45) is 0.154. The number of benzene rings is 3. The zero-order valence-corrected chi connectivity index (χ0v) is 19.9. The predicted octanol–water partition coefficient (Wildman–Crippen LogP) is 5.37. The van der Waals surface area contributed by atoms with Gasteiger partial charge in [-0.05, 0) is 55.1 Å². The summed E-state index contributed by atoms with van der Waals surface area (Å²) < 4.78 is 46.9. The molecule has 1 N–H and O–H groups in total. The lowest BCUT2D eigenvalue weighted by molar-refractivity contribution is -0.138. The second-order valence-electron chi connectivity index (χ2n) is 8.11. The molecule has 0 radical (unpaired) electrons. The Kier molecular flexibility index (Phi) is 8.65. The van der Waals surface area contributed by atoms with Gasteiger partial charge in [0, 0.05) is 24.1 Å². The largest absolute Gasteiger partial charge is 0.493 e. The first-order chi connectivity index (χ1) is 16.7. The minimum Gasteiger partial charge on any atom is -0.493 e. The number of hydrogen-bond acceptors (Lipinski definition) is 5. The summed E-state index contributed by atoms with van der Waals surface area (Å²) in [5.41, 5.74) is 0.512. The van der Waals surface area contributed by atoms with Gasteiger partial charge in [0.05, 0.1) is 20.8 Å². The van der Waals surface area contributed by atoms with E-state index in [4.69, 9.17) is 19.3 Å². The van der Waals surface area contributed by atoms with Crippen LogP contribution in [0, 0.1) is 0 Å². The molecular formula is C27H29F2NO5. The molecule has 0 aliphatic carbocycles. The lowest BCUT2D eigenvalue weighted by Crippen LogP contribution is -2.28. The van der Waals surface area contributed by atoms with Gasteiger partial charge in [-0.15, -0.1) is 0 Å². The van der Waals surface area contributed by atoms with E-state index < -0.39 is 11.9 Å². The van der Waals surface area contributed by atoms with Crippen molar-refractivity contribution >= 4 is 5.97 Å². The number of alkyl halides is 2. The molecule has 0 amide bonds. The topological polar surface area (TPSA) is 68.2 Å². The first-order valence-electron chi connectivity index (χ1n) is 11.1. The summed E-state index contributed by atoms with van der Waals surface area (Å²) in [6.45, 7) is 0.406. The summed E-state index contributed by atoms with van der Waals surface area (Å²) in [4.78, 5) is 12.6. The van der Waals surface area contributed by atoms with Gasteiger partial charge in [0.1, 0.15) is 11.9 Å². The van der Waals surface area contributed by atoms with Crippen molar-refractivity contribution in [2.75, 3.05) is 34.4 Å². The Bertz CT molecular complexity index is 1110. The second-order valence-corrected chi connectivity index (χ2v) is 8.11. The van der Waals surface area contributed by atoms with Gasteiger partial charge in [-0.2, -0.15) is 8.78 Å². The van der Waals surface area contributed by atoms with Crippen LogP contribution in [0.5, 0.6) is 17.2 Å². The maximum Gasteiger partial charge on any atom is 0.317 e. The van der Waals surface area contributed by atoms with Crippen molar-refractivity contribution in [2.45, 2.75) is 18.4 Å². The summed E-state index contributed by atoms with van der Waals surface area (Å²) in [5, 5.41) is 8.98. The van der Waals surface area contributed by atoms with E-state index in [2.05, 4.69) is 0 Å². The van der Waals surface area contributed by atoms with Crippen LogP contribution in [-0.2, 0) is 10.7 Å². The number of carboxylic acids is 1. The van der Waals surface area contributed by atoms with Crippen LogP contribution < -0.4 is 14.2 Å². The SMILES string of the molecule is COc1ccc(C(F)(F)c2ccc(OC(CCN(C)CC(=O)O)c3ccccc3)cc2)cc1OC. The highest BCUT2D eigenvalue weighted by molar-refractivity contribution is 5.69. The van der Waals surface area contributed by atoms with Gasteiger partial charge in [-0.3, -0.25) is 9.69 Å². The highest BCUT2D eigenvalue weighted by Gasteiger charge is 2.35. The van der Waals surface area contributed by atoms with E-state index in [9.17, 15) is 4.79 Å². The molecule has 6 nitrogen and oxygen atoms in total. The molecule has 35 heavy (non-hydrogen) atoms. The number of carbonyl (C=O) groups is 1. The molecule has 1 atom stereocenters. The minimum atomic E-state index is -3.25. The highest BCUT2D eigenvalue weighted by Crippen LogP contribution is 2.40. The number of aliphatic carboxylic acids is 1. The summed E-state index contributed by atoms with van der Waals surface area (Å²) in [7, 11) is 4.57. The number of carboxylic acid groups (broad SMARTS) is 1. The average molecular weight is 486 g/mol. The van der Waals surface area contributed by atoms with Gasteiger partial charge in [-0.1, -0.05) is 30.3 Å². The maximum atomic E-state index is 15.2. The fraction of sp³-hybridized carbons (Fsp3) is 0.296. The average Bonchev–Trinajstić information content (AvgIpc) is 2.86. The molecule has 8 heteroatoms. The predicted molar refractivity (Wildman–Crippen MR) is 129 cm³/mol. The quantitative estimate of drug-likeness (QED) is 0.372. The molecule has 3 rings (SSSR count). The van der Waals surface area contributed by atoms with E-state index in [1.807, 2.05) is 30.3 Å². The Morgan fingerprint density at radius 1 is 0.943 bits per heavy atom. The van der Waals surface area contributed by atoms with Gasteiger partial charge in [0.2, 0.25) is 0 Å². The molecule has 1 unspecified atom stereocenters. The van der Waals surface area contributed by atoms with E-state index in [-0.39, 0.29) is 29.5 Å². The summed E-state index contributed by atoms with van der Waals surface area (Å²) in [5.74, 6) is -3.13. The maximum absolute atomic E-state index is 15.2. The number of rotatable bonds is 12. The van der Waals surface area contributed by atoms with Crippen LogP contribution in [-0.4, -0.2) is 50.3 Å². The monoisotopic (exact) mass is 485 g/mol. The molecule has 3 aromatic carbocycles. The van der Waals surface area contributed by atoms with Crippen LogP contribution in [0.4, 0.5) is 8.78 Å². The first-order valence-corrected chi connectivity index (χ1v) is 11.1. The third-order valence-electron chi connectivity index (χ3n) is 5.59. The van der Waals surface area contributed by atoms with Crippen molar-refractivity contribution in [3.8, 4) is 17.2 Å². The number of methoxy groups -OCH3 is 2. The van der Waals surface area contributed by atoms with Crippen molar-refractivity contribution < 1.29 is 32.9 Å². The molecule has 0 aliphatic rings. The molecule has 0 aliphatic heterocycles. The van der Waals surface area contributed by atoms with Crippen LogP contribution in [0.1, 0.15) is 29.2 Å². The molecule has 0 bridgehead atoms. The third-order valence-corrected chi connectivity index (χ3v) is 5.59. The molecule has 0 spiro atoms.